The first-order valence-electron chi connectivity index (χ1n) is 8.55. The fourth-order valence-electron chi connectivity index (χ4n) is 2.82. The van der Waals surface area contributed by atoms with Crippen molar-refractivity contribution < 1.29 is 19.4 Å². The molecule has 1 aromatic rings. The number of hydrogen-bond acceptors (Lipinski definition) is 5. The highest BCUT2D eigenvalue weighted by Crippen LogP contribution is 2.37. The van der Waals surface area contributed by atoms with Crippen molar-refractivity contribution in [3.05, 3.63) is 56.9 Å². The lowest BCUT2D eigenvalue weighted by molar-refractivity contribution is -0.123. The first kappa shape index (κ1) is 22.6. The second-order valence-corrected chi connectivity index (χ2v) is 7.32. The molecule has 3 N–H and O–H groups in total. The zero-order valence-electron chi connectivity index (χ0n) is 16.5. The van der Waals surface area contributed by atoms with Gasteiger partial charge in [-0.2, -0.15) is 0 Å². The number of benzene rings is 1. The van der Waals surface area contributed by atoms with Gasteiger partial charge in [-0.05, 0) is 44.4 Å². The Bertz CT molecular complexity index is 739. The molecular formula is C20H28N2O4S. The van der Waals surface area contributed by atoms with Crippen molar-refractivity contribution in [1.29, 1.82) is 0 Å². The van der Waals surface area contributed by atoms with Crippen LogP contribution in [0.15, 0.2) is 40.3 Å². The average Bonchev–Trinajstić information content (AvgIpc) is 2.99. The zero-order chi connectivity index (χ0) is 20.6. The molecule has 1 atom stereocenters. The Labute approximate surface area is 165 Å². The number of hydrogen-bond donors (Lipinski definition) is 2. The molecule has 0 saturated carbocycles. The van der Waals surface area contributed by atoms with Gasteiger partial charge in [-0.25, -0.2) is 0 Å². The van der Waals surface area contributed by atoms with E-state index in [-0.39, 0.29) is 12.5 Å². The molecule has 6 nitrogen and oxygen atoms in total. The minimum atomic E-state index is -0.250. The van der Waals surface area contributed by atoms with Gasteiger partial charge in [0.2, 0.25) is 6.41 Å². The van der Waals surface area contributed by atoms with Gasteiger partial charge in [0.1, 0.15) is 5.03 Å². The van der Waals surface area contributed by atoms with E-state index in [2.05, 4.69) is 32.0 Å². The SMILES string of the molecule is COC(=C1\SCC(C)N1C=O)/C(Cc1cccc(C)c1C)=C(\C)N.O=CO. The zero-order valence-corrected chi connectivity index (χ0v) is 17.3. The van der Waals surface area contributed by atoms with E-state index in [4.69, 9.17) is 20.4 Å². The minimum absolute atomic E-state index is 0.160. The molecule has 1 fully saturated rings. The predicted molar refractivity (Wildman–Crippen MR) is 109 cm³/mol. The Balaban J connectivity index is 0.00000114. The summed E-state index contributed by atoms with van der Waals surface area (Å²) >= 11 is 1.64. The highest BCUT2D eigenvalue weighted by atomic mass is 32.2. The summed E-state index contributed by atoms with van der Waals surface area (Å²) in [5.74, 6) is 1.57. The molecule has 1 heterocycles. The first-order valence-corrected chi connectivity index (χ1v) is 9.54. The largest absolute Gasteiger partial charge is 0.494 e. The van der Waals surface area contributed by atoms with Crippen molar-refractivity contribution in [3.8, 4) is 0 Å². The Hall–Kier alpha value is -2.41. The molecule has 27 heavy (non-hydrogen) atoms. The second kappa shape index (κ2) is 10.7. The smallest absolute Gasteiger partial charge is 0.290 e. The van der Waals surface area contributed by atoms with E-state index >= 15 is 0 Å². The molecule has 1 amide bonds. The summed E-state index contributed by atoms with van der Waals surface area (Å²) in [4.78, 5) is 21.6. The van der Waals surface area contributed by atoms with Crippen molar-refractivity contribution in [1.82, 2.24) is 4.90 Å². The van der Waals surface area contributed by atoms with Crippen LogP contribution in [0.25, 0.3) is 0 Å². The molecule has 148 valence electrons. The topological polar surface area (TPSA) is 92.9 Å². The number of nitrogens with zero attached hydrogens (tertiary/aromatic N) is 1. The molecule has 1 aliphatic heterocycles. The molecule has 2 rings (SSSR count). The van der Waals surface area contributed by atoms with Crippen LogP contribution in [-0.4, -0.2) is 41.8 Å². The fraction of sp³-hybridized carbons (Fsp3) is 0.400. The van der Waals surface area contributed by atoms with E-state index in [0.717, 1.165) is 22.8 Å². The molecule has 1 aliphatic rings. The molecule has 7 heteroatoms. The predicted octanol–water partition coefficient (Wildman–Crippen LogP) is 3.19. The average molecular weight is 393 g/mol. The molecular weight excluding hydrogens is 364 g/mol. The van der Waals surface area contributed by atoms with E-state index in [0.29, 0.717) is 17.9 Å². The second-order valence-electron chi connectivity index (χ2n) is 6.31. The van der Waals surface area contributed by atoms with Gasteiger partial charge in [-0.15, -0.1) is 11.8 Å². The Morgan fingerprint density at radius 2 is 2.04 bits per heavy atom. The van der Waals surface area contributed by atoms with Gasteiger partial charge in [0, 0.05) is 29.5 Å². The van der Waals surface area contributed by atoms with E-state index in [1.807, 2.05) is 13.8 Å². The Morgan fingerprint density at radius 1 is 1.41 bits per heavy atom. The number of ether oxygens (including phenoxy) is 1. The summed E-state index contributed by atoms with van der Waals surface area (Å²) in [7, 11) is 1.64. The van der Waals surface area contributed by atoms with Crippen molar-refractivity contribution in [3.63, 3.8) is 0 Å². The maximum Gasteiger partial charge on any atom is 0.290 e. The quantitative estimate of drug-likeness (QED) is 0.590. The lowest BCUT2D eigenvalue weighted by atomic mass is 9.95. The lowest BCUT2D eigenvalue weighted by Crippen LogP contribution is -2.26. The Morgan fingerprint density at radius 3 is 2.56 bits per heavy atom. The van der Waals surface area contributed by atoms with Crippen LogP contribution in [0, 0.1) is 13.8 Å². The van der Waals surface area contributed by atoms with Crippen LogP contribution in [0.3, 0.4) is 0 Å². The lowest BCUT2D eigenvalue weighted by Gasteiger charge is -2.22. The van der Waals surface area contributed by atoms with Crippen LogP contribution in [0.2, 0.25) is 0 Å². The van der Waals surface area contributed by atoms with E-state index in [1.165, 1.54) is 16.7 Å². The molecule has 1 aromatic carbocycles. The van der Waals surface area contributed by atoms with Gasteiger partial charge >= 0.3 is 0 Å². The number of thioether (sulfide) groups is 1. The van der Waals surface area contributed by atoms with Crippen molar-refractivity contribution >= 4 is 24.6 Å². The van der Waals surface area contributed by atoms with E-state index in [1.54, 1.807) is 23.8 Å². The highest BCUT2D eigenvalue weighted by molar-refractivity contribution is 8.03. The standard InChI is InChI=1S/C19H26N2O2S.CH2O2/c1-12-7-6-8-16(14(12)3)9-17(15(4)20)18(23-5)19-21(11-22)13(2)10-24-19;2-1-3/h6-8,11,13H,9-10,20H2,1-5H3;1H,(H,2,3)/b17-15+,19-18-;. The molecule has 0 aliphatic carbocycles. The third-order valence-corrected chi connectivity index (χ3v) is 5.84. The fourth-order valence-corrected chi connectivity index (χ4v) is 4.09. The summed E-state index contributed by atoms with van der Waals surface area (Å²) in [6.45, 7) is 7.90. The van der Waals surface area contributed by atoms with Gasteiger partial charge in [0.25, 0.3) is 6.47 Å². The first-order chi connectivity index (χ1) is 12.8. The summed E-state index contributed by atoms with van der Waals surface area (Å²) in [6.07, 6.45) is 1.56. The number of amides is 1. The molecule has 0 aromatic heterocycles. The summed E-state index contributed by atoms with van der Waals surface area (Å²) < 4.78 is 5.70. The maximum atomic E-state index is 11.5. The number of nitrogens with two attached hydrogens (primary N) is 1. The van der Waals surface area contributed by atoms with E-state index in [9.17, 15) is 4.79 Å². The van der Waals surface area contributed by atoms with Crippen LogP contribution >= 0.6 is 11.8 Å². The number of carboxylic acid groups (broad SMARTS) is 1. The minimum Gasteiger partial charge on any atom is -0.494 e. The summed E-state index contributed by atoms with van der Waals surface area (Å²) in [5.41, 5.74) is 11.6. The number of carbonyl (C=O) groups is 2. The number of methoxy groups -OCH3 is 1. The number of aryl methyl sites for hydroxylation is 1. The van der Waals surface area contributed by atoms with Crippen molar-refractivity contribution in [2.75, 3.05) is 12.9 Å². The maximum absolute atomic E-state index is 11.5. The van der Waals surface area contributed by atoms with Crippen molar-refractivity contribution in [2.24, 2.45) is 5.73 Å². The normalized spacial score (nSPS) is 18.9. The van der Waals surface area contributed by atoms with E-state index < -0.39 is 0 Å². The number of rotatable bonds is 5. The van der Waals surface area contributed by atoms with Crippen LogP contribution in [0.5, 0.6) is 0 Å². The van der Waals surface area contributed by atoms with Crippen LogP contribution < -0.4 is 5.73 Å². The molecule has 1 unspecified atom stereocenters. The van der Waals surface area contributed by atoms with Gasteiger partial charge in [0.05, 0.1) is 7.11 Å². The molecule has 1 saturated heterocycles. The molecule has 0 radical (unpaired) electrons. The third kappa shape index (κ3) is 5.53. The van der Waals surface area contributed by atoms with Crippen LogP contribution in [0.4, 0.5) is 0 Å². The highest BCUT2D eigenvalue weighted by Gasteiger charge is 2.30. The van der Waals surface area contributed by atoms with Crippen molar-refractivity contribution in [2.45, 2.75) is 40.2 Å². The summed E-state index contributed by atoms with van der Waals surface area (Å²) in [6, 6.07) is 6.44. The van der Waals surface area contributed by atoms with Crippen LogP contribution in [-0.2, 0) is 20.7 Å². The molecule has 0 bridgehead atoms. The number of allylic oxidation sites excluding steroid dienone is 2. The Kier molecular flexibility index (Phi) is 8.94. The van der Waals surface area contributed by atoms with Gasteiger partial charge in [-0.3, -0.25) is 9.59 Å². The van der Waals surface area contributed by atoms with Gasteiger partial charge in [0.15, 0.2) is 5.76 Å². The molecule has 0 spiro atoms. The monoisotopic (exact) mass is 392 g/mol. The van der Waals surface area contributed by atoms with Gasteiger partial charge < -0.3 is 20.5 Å². The third-order valence-electron chi connectivity index (χ3n) is 4.52. The van der Waals surface area contributed by atoms with Gasteiger partial charge in [-0.1, -0.05) is 18.2 Å². The summed E-state index contributed by atoms with van der Waals surface area (Å²) in [5, 5.41) is 7.74. The van der Waals surface area contributed by atoms with Crippen LogP contribution in [0.1, 0.15) is 30.5 Å². The number of carbonyl (C=O) groups excluding carboxylic acids is 1.